The molecule has 1 saturated heterocycles. The Morgan fingerprint density at radius 2 is 2.05 bits per heavy atom. The second-order valence-corrected chi connectivity index (χ2v) is 6.62. The number of carbonyl (C=O) groups excluding carboxylic acids is 1. The maximum absolute atomic E-state index is 12.9. The predicted molar refractivity (Wildman–Crippen MR) is 86.5 cm³/mol. The number of nitrogens with one attached hydrogen (secondary N) is 1. The first-order valence-corrected chi connectivity index (χ1v) is 7.95. The Hall–Kier alpha value is -1.77. The van der Waals surface area contributed by atoms with E-state index >= 15 is 0 Å². The third-order valence-electron chi connectivity index (χ3n) is 4.63. The number of aryl methyl sites for hydroxylation is 1. The van der Waals surface area contributed by atoms with Crippen LogP contribution in [0.5, 0.6) is 0 Å². The minimum absolute atomic E-state index is 0.144. The van der Waals surface area contributed by atoms with Gasteiger partial charge in [-0.2, -0.15) is 0 Å². The molecule has 0 aliphatic carbocycles. The molecular formula is C18H24N2O. The van der Waals surface area contributed by atoms with Gasteiger partial charge in [-0.1, -0.05) is 25.5 Å². The van der Waals surface area contributed by atoms with E-state index in [4.69, 9.17) is 0 Å². The maximum Gasteiger partial charge on any atom is 0.270 e. The Bertz CT molecular complexity index is 658. The van der Waals surface area contributed by atoms with E-state index in [0.717, 1.165) is 29.6 Å². The quantitative estimate of drug-likeness (QED) is 0.840. The first kappa shape index (κ1) is 14.2. The molecule has 0 spiro atoms. The molecule has 1 aromatic carbocycles. The molecule has 1 aliphatic rings. The Labute approximate surface area is 126 Å². The van der Waals surface area contributed by atoms with Crippen molar-refractivity contribution >= 4 is 16.8 Å². The van der Waals surface area contributed by atoms with Gasteiger partial charge in [-0.25, -0.2) is 0 Å². The first-order chi connectivity index (χ1) is 10.0. The van der Waals surface area contributed by atoms with Gasteiger partial charge < -0.3 is 9.88 Å². The van der Waals surface area contributed by atoms with Gasteiger partial charge >= 0.3 is 0 Å². The normalized spacial score (nSPS) is 23.3. The summed E-state index contributed by atoms with van der Waals surface area (Å²) in [5.41, 5.74) is 2.98. The summed E-state index contributed by atoms with van der Waals surface area (Å²) < 4.78 is 0. The summed E-state index contributed by atoms with van der Waals surface area (Å²) in [6, 6.07) is 8.57. The molecule has 3 nitrogen and oxygen atoms in total. The summed E-state index contributed by atoms with van der Waals surface area (Å²) in [6.07, 6.45) is 3.55. The molecule has 3 rings (SSSR count). The monoisotopic (exact) mass is 284 g/mol. The topological polar surface area (TPSA) is 36.1 Å². The minimum Gasteiger partial charge on any atom is -0.351 e. The van der Waals surface area contributed by atoms with Crippen molar-refractivity contribution in [3.8, 4) is 0 Å². The highest BCUT2D eigenvalue weighted by Crippen LogP contribution is 2.24. The molecule has 1 aliphatic heterocycles. The lowest BCUT2D eigenvalue weighted by Gasteiger charge is -2.28. The summed E-state index contributed by atoms with van der Waals surface area (Å²) in [5, 5.41) is 1.11. The maximum atomic E-state index is 12.9. The lowest BCUT2D eigenvalue weighted by Crippen LogP contribution is -2.40. The Morgan fingerprint density at radius 1 is 1.24 bits per heavy atom. The lowest BCUT2D eigenvalue weighted by molar-refractivity contribution is 0.0672. The van der Waals surface area contributed by atoms with Crippen molar-refractivity contribution in [3.05, 3.63) is 35.5 Å². The van der Waals surface area contributed by atoms with Gasteiger partial charge in [0.25, 0.3) is 5.91 Å². The van der Waals surface area contributed by atoms with Gasteiger partial charge in [-0.15, -0.1) is 0 Å². The highest BCUT2D eigenvalue weighted by Gasteiger charge is 2.26. The van der Waals surface area contributed by atoms with Crippen molar-refractivity contribution in [2.24, 2.45) is 5.92 Å². The number of rotatable bonds is 1. The molecule has 21 heavy (non-hydrogen) atoms. The molecular weight excluding hydrogens is 260 g/mol. The molecule has 3 heteroatoms. The van der Waals surface area contributed by atoms with Crippen LogP contribution in [0, 0.1) is 12.8 Å². The van der Waals surface area contributed by atoms with E-state index in [1.165, 1.54) is 18.4 Å². The van der Waals surface area contributed by atoms with Gasteiger partial charge in [0, 0.05) is 23.5 Å². The van der Waals surface area contributed by atoms with Crippen LogP contribution in [0.2, 0.25) is 0 Å². The van der Waals surface area contributed by atoms with E-state index in [-0.39, 0.29) is 5.91 Å². The number of amides is 1. The van der Waals surface area contributed by atoms with Crippen LogP contribution in [0.3, 0.4) is 0 Å². The fourth-order valence-corrected chi connectivity index (χ4v) is 3.32. The third-order valence-corrected chi connectivity index (χ3v) is 4.63. The van der Waals surface area contributed by atoms with Gasteiger partial charge in [-0.05, 0) is 50.3 Å². The van der Waals surface area contributed by atoms with Crippen molar-refractivity contribution in [3.63, 3.8) is 0 Å². The summed E-state index contributed by atoms with van der Waals surface area (Å²) in [7, 11) is 0. The van der Waals surface area contributed by atoms with Crippen LogP contribution in [0.25, 0.3) is 10.9 Å². The fraction of sp³-hybridized carbons (Fsp3) is 0.500. The zero-order valence-electron chi connectivity index (χ0n) is 13.1. The highest BCUT2D eigenvalue weighted by atomic mass is 16.2. The van der Waals surface area contributed by atoms with E-state index in [1.54, 1.807) is 0 Å². The molecule has 2 aromatic rings. The highest BCUT2D eigenvalue weighted by molar-refractivity contribution is 5.98. The molecule has 2 atom stereocenters. The molecule has 1 fully saturated rings. The Balaban J connectivity index is 1.91. The average molecular weight is 284 g/mol. The van der Waals surface area contributed by atoms with Gasteiger partial charge in [0.1, 0.15) is 5.69 Å². The first-order valence-electron chi connectivity index (χ1n) is 7.95. The zero-order chi connectivity index (χ0) is 15.0. The number of hydrogen-bond acceptors (Lipinski definition) is 1. The van der Waals surface area contributed by atoms with E-state index < -0.39 is 0 Å². The third kappa shape index (κ3) is 2.82. The van der Waals surface area contributed by atoms with Gasteiger partial charge in [-0.3, -0.25) is 4.79 Å². The molecule has 0 bridgehead atoms. The summed E-state index contributed by atoms with van der Waals surface area (Å²) in [4.78, 5) is 18.2. The Kier molecular flexibility index (Phi) is 3.75. The van der Waals surface area contributed by atoms with Crippen molar-refractivity contribution < 1.29 is 4.79 Å². The number of carbonyl (C=O) groups is 1. The van der Waals surface area contributed by atoms with E-state index in [1.807, 2.05) is 6.07 Å². The van der Waals surface area contributed by atoms with Crippen LogP contribution in [-0.4, -0.2) is 28.4 Å². The number of H-pyrrole nitrogens is 1. The molecule has 0 radical (unpaired) electrons. The zero-order valence-corrected chi connectivity index (χ0v) is 13.1. The van der Waals surface area contributed by atoms with E-state index in [9.17, 15) is 4.79 Å². The summed E-state index contributed by atoms with van der Waals surface area (Å²) >= 11 is 0. The summed E-state index contributed by atoms with van der Waals surface area (Å²) in [5.74, 6) is 0.732. The van der Waals surface area contributed by atoms with Gasteiger partial charge in [0.2, 0.25) is 0 Å². The molecule has 112 valence electrons. The van der Waals surface area contributed by atoms with E-state index in [0.29, 0.717) is 12.0 Å². The Morgan fingerprint density at radius 3 is 2.86 bits per heavy atom. The smallest absolute Gasteiger partial charge is 0.270 e. The largest absolute Gasteiger partial charge is 0.351 e. The number of hydrogen-bond donors (Lipinski definition) is 1. The molecule has 2 heterocycles. The van der Waals surface area contributed by atoms with Crippen LogP contribution in [0.4, 0.5) is 0 Å². The minimum atomic E-state index is 0.144. The molecule has 1 amide bonds. The number of fused-ring (bicyclic) bond motifs is 1. The van der Waals surface area contributed by atoms with Gasteiger partial charge in [0.15, 0.2) is 0 Å². The van der Waals surface area contributed by atoms with Crippen LogP contribution in [-0.2, 0) is 0 Å². The number of aromatic nitrogens is 1. The van der Waals surface area contributed by atoms with Crippen LogP contribution >= 0.6 is 0 Å². The van der Waals surface area contributed by atoms with Crippen molar-refractivity contribution in [2.75, 3.05) is 6.54 Å². The van der Waals surface area contributed by atoms with Crippen LogP contribution < -0.4 is 0 Å². The van der Waals surface area contributed by atoms with Crippen molar-refractivity contribution in [1.29, 1.82) is 0 Å². The van der Waals surface area contributed by atoms with Crippen molar-refractivity contribution in [1.82, 2.24) is 9.88 Å². The summed E-state index contributed by atoms with van der Waals surface area (Å²) in [6.45, 7) is 7.35. The predicted octanol–water partition coefficient (Wildman–Crippen LogP) is 4.13. The molecule has 0 saturated carbocycles. The molecule has 1 aromatic heterocycles. The number of benzene rings is 1. The lowest BCUT2D eigenvalue weighted by atomic mass is 10.1. The number of nitrogens with zero attached hydrogens (tertiary/aromatic N) is 1. The van der Waals surface area contributed by atoms with Crippen LogP contribution in [0.1, 0.15) is 49.2 Å². The molecule has 1 N–H and O–H groups in total. The second kappa shape index (κ2) is 5.55. The average Bonchev–Trinajstić information content (AvgIpc) is 2.78. The fourth-order valence-electron chi connectivity index (χ4n) is 3.32. The van der Waals surface area contributed by atoms with E-state index in [2.05, 4.69) is 48.9 Å². The number of aromatic amines is 1. The number of likely N-dealkylation sites (tertiary alicyclic amines) is 1. The molecule has 2 unspecified atom stereocenters. The van der Waals surface area contributed by atoms with Crippen molar-refractivity contribution in [2.45, 2.75) is 46.1 Å². The second-order valence-electron chi connectivity index (χ2n) is 6.62. The van der Waals surface area contributed by atoms with Crippen LogP contribution in [0.15, 0.2) is 24.3 Å². The standard InChI is InChI=1S/C18H24N2O/c1-12-7-8-15-10-17(19-16(15)9-12)18(21)20-11-13(2)5-4-6-14(20)3/h7-10,13-14,19H,4-6,11H2,1-3H3. The van der Waals surface area contributed by atoms with Gasteiger partial charge in [0.05, 0.1) is 0 Å². The SMILES string of the molecule is Cc1ccc2cc(C(=O)N3CC(C)CCCC3C)[nH]c2c1.